The molecule has 1 heterocycles. The van der Waals surface area contributed by atoms with Crippen molar-refractivity contribution in [3.05, 3.63) is 144 Å². The van der Waals surface area contributed by atoms with Gasteiger partial charge in [-0.05, 0) is 28.8 Å². The Morgan fingerprint density at radius 1 is 0.743 bits per heavy atom. The molecule has 0 aliphatic carbocycles. The number of aromatic nitrogens is 2. The molecule has 0 N–H and O–H groups in total. The molecule has 5 aromatic rings. The van der Waals surface area contributed by atoms with Gasteiger partial charge in [0.25, 0.3) is 6.16 Å². The number of hydrogen-bond donors (Lipinski definition) is 0. The third-order valence-electron chi connectivity index (χ3n) is 5.91. The molecule has 0 atom stereocenters. The summed E-state index contributed by atoms with van der Waals surface area (Å²) in [5.74, 6) is 0.190. The Balaban J connectivity index is 0.00000289. The minimum absolute atomic E-state index is 0. The largest absolute Gasteiger partial charge is 1.00 e. The first kappa shape index (κ1) is 25.1. The summed E-state index contributed by atoms with van der Waals surface area (Å²) in [6.45, 7) is 0. The number of imidazole rings is 1. The molecule has 0 radical (unpaired) electrons. The molecule has 35 heavy (non-hydrogen) atoms. The van der Waals surface area contributed by atoms with Crippen LogP contribution in [0.5, 0.6) is 5.75 Å². The van der Waals surface area contributed by atoms with Crippen LogP contribution in [0.1, 0.15) is 16.7 Å². The van der Waals surface area contributed by atoms with Crippen LogP contribution >= 0.6 is 0 Å². The molecule has 0 saturated carbocycles. The van der Waals surface area contributed by atoms with E-state index < -0.39 is 11.7 Å². The number of carboxylic acid groups (broad SMARTS) is 1. The molecule has 0 spiro atoms. The summed E-state index contributed by atoms with van der Waals surface area (Å²) < 4.78 is 6.94. The molecule has 0 fully saturated rings. The van der Waals surface area contributed by atoms with Crippen molar-refractivity contribution in [1.29, 1.82) is 0 Å². The number of carbonyl (C=O) groups excluding carboxylic acids is 1. The molecular weight excluding hydrogens is 463 g/mol. The zero-order valence-electron chi connectivity index (χ0n) is 19.2. The van der Waals surface area contributed by atoms with Crippen LogP contribution in [0.15, 0.2) is 128 Å². The van der Waals surface area contributed by atoms with Gasteiger partial charge < -0.3 is 19.2 Å². The number of ether oxygens (including phenoxy) is 1. The van der Waals surface area contributed by atoms with Gasteiger partial charge in [-0.1, -0.05) is 103 Å². The van der Waals surface area contributed by atoms with Crippen molar-refractivity contribution in [1.82, 2.24) is 9.55 Å². The molecule has 0 saturated heterocycles. The maximum absolute atomic E-state index is 11.0. The van der Waals surface area contributed by atoms with Crippen LogP contribution in [0.2, 0.25) is 0 Å². The molecule has 5 rings (SSSR count). The van der Waals surface area contributed by atoms with Crippen molar-refractivity contribution in [2.75, 3.05) is 0 Å². The second-order valence-corrected chi connectivity index (χ2v) is 7.84. The monoisotopic (exact) mass is 484 g/mol. The van der Waals surface area contributed by atoms with E-state index in [9.17, 15) is 9.90 Å². The fourth-order valence-corrected chi connectivity index (χ4v) is 4.55. The fraction of sp³-hybridized carbons (Fsp3) is 0.0345. The van der Waals surface area contributed by atoms with Gasteiger partial charge in [0, 0.05) is 5.56 Å². The molecule has 0 amide bonds. The van der Waals surface area contributed by atoms with E-state index in [2.05, 4.69) is 45.9 Å². The van der Waals surface area contributed by atoms with E-state index in [1.807, 2.05) is 67.0 Å². The van der Waals surface area contributed by atoms with Crippen LogP contribution in [0.25, 0.3) is 11.3 Å². The Labute approximate surface area is 246 Å². The summed E-state index contributed by atoms with van der Waals surface area (Å²) in [6, 6.07) is 37.7. The molecule has 0 bridgehead atoms. The number of hydrogen-bond acceptors (Lipinski definition) is 4. The van der Waals surface area contributed by atoms with Crippen molar-refractivity contribution >= 4 is 6.16 Å². The molecule has 0 unspecified atom stereocenters. The van der Waals surface area contributed by atoms with Gasteiger partial charge in [-0.2, -0.15) is 0 Å². The standard InChI is InChI=1S/C29H22N2O3.K/c32-28(33)34-26-18-10-11-22(19-26)27-20-30-21-31(27)29(23-12-4-1-5-13-23,24-14-6-2-7-15-24)25-16-8-3-9-17-25;/h1-21H,(H,32,33);/q;+1/p-1. The molecule has 1 aromatic heterocycles. The fourth-order valence-electron chi connectivity index (χ4n) is 4.55. The zero-order valence-corrected chi connectivity index (χ0v) is 22.4. The van der Waals surface area contributed by atoms with E-state index in [4.69, 9.17) is 4.74 Å². The van der Waals surface area contributed by atoms with Crippen LogP contribution in [-0.4, -0.2) is 15.7 Å². The molecule has 0 aliphatic heterocycles. The van der Waals surface area contributed by atoms with Crippen LogP contribution in [0.3, 0.4) is 0 Å². The Hall–Kier alpha value is -3.00. The van der Waals surface area contributed by atoms with E-state index in [1.165, 1.54) is 0 Å². The van der Waals surface area contributed by atoms with E-state index in [0.717, 1.165) is 27.9 Å². The third-order valence-corrected chi connectivity index (χ3v) is 5.91. The minimum atomic E-state index is -1.60. The summed E-state index contributed by atoms with van der Waals surface area (Å²) >= 11 is 0. The summed E-state index contributed by atoms with van der Waals surface area (Å²) in [5.41, 5.74) is 4.03. The topological polar surface area (TPSA) is 67.2 Å². The predicted molar refractivity (Wildman–Crippen MR) is 128 cm³/mol. The van der Waals surface area contributed by atoms with Gasteiger partial charge in [0.15, 0.2) is 0 Å². The van der Waals surface area contributed by atoms with Gasteiger partial charge in [-0.3, -0.25) is 0 Å². The van der Waals surface area contributed by atoms with Crippen LogP contribution in [-0.2, 0) is 5.54 Å². The minimum Gasteiger partial charge on any atom is -0.514 e. The first-order valence-electron chi connectivity index (χ1n) is 10.9. The Bertz CT molecular complexity index is 1310. The first-order chi connectivity index (χ1) is 16.7. The third kappa shape index (κ3) is 4.89. The molecule has 4 aromatic carbocycles. The van der Waals surface area contributed by atoms with Gasteiger partial charge in [0.2, 0.25) is 0 Å². The number of nitrogens with zero attached hydrogens (tertiary/aromatic N) is 2. The predicted octanol–water partition coefficient (Wildman–Crippen LogP) is 2.12. The molecule has 5 nitrogen and oxygen atoms in total. The van der Waals surface area contributed by atoms with Gasteiger partial charge >= 0.3 is 51.4 Å². The van der Waals surface area contributed by atoms with E-state index >= 15 is 0 Å². The Morgan fingerprint density at radius 3 is 1.74 bits per heavy atom. The second kappa shape index (κ2) is 11.2. The second-order valence-electron chi connectivity index (χ2n) is 7.84. The van der Waals surface area contributed by atoms with E-state index in [1.54, 1.807) is 24.4 Å². The van der Waals surface area contributed by atoms with Crippen LogP contribution in [0, 0.1) is 0 Å². The Morgan fingerprint density at radius 2 is 1.26 bits per heavy atom. The number of carbonyl (C=O) groups is 1. The maximum atomic E-state index is 11.0. The molecule has 6 heteroatoms. The quantitative estimate of drug-likeness (QED) is 0.160. The molecular formula is C29H21KN2O3. The van der Waals surface area contributed by atoms with Crippen LogP contribution < -0.4 is 61.2 Å². The first-order valence-corrected chi connectivity index (χ1v) is 10.9. The normalized spacial score (nSPS) is 10.9. The van der Waals surface area contributed by atoms with Gasteiger partial charge in [-0.25, -0.2) is 4.98 Å². The van der Waals surface area contributed by atoms with Crippen molar-refractivity contribution < 1.29 is 66.0 Å². The van der Waals surface area contributed by atoms with Crippen molar-refractivity contribution in [2.45, 2.75) is 5.54 Å². The van der Waals surface area contributed by atoms with Crippen molar-refractivity contribution in [2.24, 2.45) is 0 Å². The Kier molecular flexibility index (Phi) is 8.00. The molecule has 166 valence electrons. The smallest absolute Gasteiger partial charge is 0.514 e. The van der Waals surface area contributed by atoms with E-state index in [-0.39, 0.29) is 57.1 Å². The summed E-state index contributed by atoms with van der Waals surface area (Å²) in [6.07, 6.45) is 1.99. The number of rotatable bonds is 6. The van der Waals surface area contributed by atoms with Gasteiger partial charge in [-0.15, -0.1) is 0 Å². The summed E-state index contributed by atoms with van der Waals surface area (Å²) in [5, 5.41) is 11.0. The van der Waals surface area contributed by atoms with Crippen molar-refractivity contribution in [3.8, 4) is 17.0 Å². The SMILES string of the molecule is O=C([O-])Oc1cccc(-c2cncn2C(c2ccccc2)(c2ccccc2)c2ccccc2)c1.[K+]. The summed E-state index contributed by atoms with van der Waals surface area (Å²) in [4.78, 5) is 15.5. The van der Waals surface area contributed by atoms with E-state index in [0.29, 0.717) is 0 Å². The van der Waals surface area contributed by atoms with Crippen molar-refractivity contribution in [3.63, 3.8) is 0 Å². The number of benzene rings is 4. The maximum Gasteiger partial charge on any atom is 1.00 e. The zero-order chi connectivity index (χ0) is 23.4. The van der Waals surface area contributed by atoms with Crippen LogP contribution in [0.4, 0.5) is 4.79 Å². The molecule has 0 aliphatic rings. The average Bonchev–Trinajstić information content (AvgIpc) is 3.37. The summed E-state index contributed by atoms with van der Waals surface area (Å²) in [7, 11) is 0. The average molecular weight is 485 g/mol. The van der Waals surface area contributed by atoms with Gasteiger partial charge in [0.1, 0.15) is 5.54 Å². The van der Waals surface area contributed by atoms with Gasteiger partial charge in [0.05, 0.1) is 24.0 Å².